The van der Waals surface area contributed by atoms with Gasteiger partial charge in [0.1, 0.15) is 0 Å². The first-order valence-electron chi connectivity index (χ1n) is 9.05. The van der Waals surface area contributed by atoms with Crippen LogP contribution in [0.5, 0.6) is 0 Å². The topological polar surface area (TPSA) is 25.8 Å². The molecule has 0 spiro atoms. The number of hydrogen-bond acceptors (Lipinski definition) is 2. The van der Waals surface area contributed by atoms with Gasteiger partial charge in [0.05, 0.1) is 0 Å². The first-order chi connectivity index (χ1) is 12.2. The smallest absolute Gasteiger partial charge is 0.159 e. The second kappa shape index (κ2) is 8.32. The summed E-state index contributed by atoms with van der Waals surface area (Å²) < 4.78 is 26.3. The number of nitrogens with zero attached hydrogens (tertiary/aromatic N) is 2. The van der Waals surface area contributed by atoms with Gasteiger partial charge in [-0.05, 0) is 81.0 Å². The highest BCUT2D eigenvalue weighted by Gasteiger charge is 2.19. The van der Waals surface area contributed by atoms with Crippen molar-refractivity contribution in [3.8, 4) is 11.4 Å². The molecule has 3 rings (SSSR count). The molecular formula is C21H24F2N2. The highest BCUT2D eigenvalue weighted by Crippen LogP contribution is 2.32. The van der Waals surface area contributed by atoms with Crippen LogP contribution in [0.1, 0.15) is 44.6 Å². The van der Waals surface area contributed by atoms with E-state index in [9.17, 15) is 8.78 Å². The quantitative estimate of drug-likeness (QED) is 0.648. The number of hydrogen-bond donors (Lipinski definition) is 0. The summed E-state index contributed by atoms with van der Waals surface area (Å²) in [4.78, 5) is 8.62. The summed E-state index contributed by atoms with van der Waals surface area (Å²) >= 11 is 0. The molecule has 0 saturated heterocycles. The third-order valence-electron chi connectivity index (χ3n) is 5.08. The van der Waals surface area contributed by atoms with E-state index in [1.54, 1.807) is 12.4 Å². The van der Waals surface area contributed by atoms with Gasteiger partial charge in [-0.3, -0.25) is 0 Å². The molecule has 25 heavy (non-hydrogen) atoms. The molecule has 0 unspecified atom stereocenters. The molecule has 1 fully saturated rings. The third kappa shape index (κ3) is 4.71. The predicted molar refractivity (Wildman–Crippen MR) is 96.0 cm³/mol. The molecule has 2 nitrogen and oxygen atoms in total. The van der Waals surface area contributed by atoms with E-state index in [1.807, 2.05) is 0 Å². The van der Waals surface area contributed by atoms with Crippen molar-refractivity contribution in [1.82, 2.24) is 9.97 Å². The Bertz CT molecular complexity index is 717. The molecule has 0 aliphatic heterocycles. The fraction of sp³-hybridized carbons (Fsp3) is 0.429. The molecule has 0 bridgehead atoms. The molecule has 1 aromatic carbocycles. The van der Waals surface area contributed by atoms with Crippen LogP contribution in [-0.4, -0.2) is 9.97 Å². The van der Waals surface area contributed by atoms with Crippen LogP contribution >= 0.6 is 0 Å². The third-order valence-corrected chi connectivity index (χ3v) is 5.08. The van der Waals surface area contributed by atoms with Crippen molar-refractivity contribution in [1.29, 1.82) is 0 Å². The summed E-state index contributed by atoms with van der Waals surface area (Å²) in [5, 5.41) is 0. The molecule has 0 N–H and O–H groups in total. The van der Waals surface area contributed by atoms with Crippen molar-refractivity contribution in [3.63, 3.8) is 0 Å². The zero-order valence-corrected chi connectivity index (χ0v) is 14.6. The van der Waals surface area contributed by atoms with Crippen molar-refractivity contribution < 1.29 is 8.78 Å². The van der Waals surface area contributed by atoms with Gasteiger partial charge in [-0.1, -0.05) is 12.2 Å². The Kier molecular flexibility index (Phi) is 5.90. The minimum absolute atomic E-state index is 0.425. The molecule has 1 heterocycles. The molecule has 1 aliphatic rings. The summed E-state index contributed by atoms with van der Waals surface area (Å²) in [6.45, 7) is 2.09. The second-order valence-corrected chi connectivity index (χ2v) is 6.89. The maximum Gasteiger partial charge on any atom is 0.159 e. The van der Waals surface area contributed by atoms with E-state index >= 15 is 0 Å². The molecule has 132 valence electrons. The van der Waals surface area contributed by atoms with E-state index in [4.69, 9.17) is 0 Å². The predicted octanol–water partition coefficient (Wildman–Crippen LogP) is 5.74. The van der Waals surface area contributed by atoms with Crippen molar-refractivity contribution in [3.05, 3.63) is 59.9 Å². The highest BCUT2D eigenvalue weighted by atomic mass is 19.2. The number of aryl methyl sites for hydroxylation is 1. The van der Waals surface area contributed by atoms with E-state index in [0.717, 1.165) is 42.4 Å². The normalized spacial score (nSPS) is 20.9. The summed E-state index contributed by atoms with van der Waals surface area (Å²) in [5.74, 6) is 0.241. The fourth-order valence-corrected chi connectivity index (χ4v) is 3.58. The lowest BCUT2D eigenvalue weighted by Gasteiger charge is -2.26. The SMILES string of the molecule is C/C=C/[C@H]1CC[C@H](CCc2cnc(-c3ccc(F)c(F)c3)nc2)CC1. The number of benzene rings is 1. The monoisotopic (exact) mass is 342 g/mol. The van der Waals surface area contributed by atoms with E-state index in [2.05, 4.69) is 29.0 Å². The average Bonchev–Trinajstić information content (AvgIpc) is 2.64. The van der Waals surface area contributed by atoms with Crippen LogP contribution in [0.15, 0.2) is 42.7 Å². The first-order valence-corrected chi connectivity index (χ1v) is 9.05. The van der Waals surface area contributed by atoms with Crippen molar-refractivity contribution in [2.75, 3.05) is 0 Å². The zero-order valence-electron chi connectivity index (χ0n) is 14.6. The molecule has 0 amide bonds. The number of rotatable bonds is 5. The van der Waals surface area contributed by atoms with Gasteiger partial charge >= 0.3 is 0 Å². The van der Waals surface area contributed by atoms with Crippen molar-refractivity contribution in [2.45, 2.75) is 45.4 Å². The van der Waals surface area contributed by atoms with Crippen LogP contribution in [0.4, 0.5) is 8.78 Å². The van der Waals surface area contributed by atoms with E-state index in [-0.39, 0.29) is 0 Å². The Balaban J connectivity index is 1.54. The van der Waals surface area contributed by atoms with Crippen molar-refractivity contribution >= 4 is 0 Å². The second-order valence-electron chi connectivity index (χ2n) is 6.89. The average molecular weight is 342 g/mol. The molecule has 0 radical (unpaired) electrons. The lowest BCUT2D eigenvalue weighted by molar-refractivity contribution is 0.296. The molecule has 0 atom stereocenters. The molecule has 1 aliphatic carbocycles. The van der Waals surface area contributed by atoms with Crippen LogP contribution in [0, 0.1) is 23.5 Å². The molecular weight excluding hydrogens is 318 g/mol. The summed E-state index contributed by atoms with van der Waals surface area (Å²) in [6, 6.07) is 3.73. The maximum atomic E-state index is 13.3. The van der Waals surface area contributed by atoms with Gasteiger partial charge < -0.3 is 0 Å². The van der Waals surface area contributed by atoms with Crippen LogP contribution < -0.4 is 0 Å². The van der Waals surface area contributed by atoms with Gasteiger partial charge in [0, 0.05) is 18.0 Å². The lowest BCUT2D eigenvalue weighted by atomic mass is 9.79. The summed E-state index contributed by atoms with van der Waals surface area (Å²) in [5.41, 5.74) is 1.59. The van der Waals surface area contributed by atoms with Gasteiger partial charge in [-0.15, -0.1) is 0 Å². The highest BCUT2D eigenvalue weighted by molar-refractivity contribution is 5.54. The summed E-state index contributed by atoms with van der Waals surface area (Å²) in [6.07, 6.45) is 15.4. The maximum absolute atomic E-state index is 13.3. The molecule has 4 heteroatoms. The van der Waals surface area contributed by atoms with E-state index < -0.39 is 11.6 Å². The van der Waals surface area contributed by atoms with Crippen LogP contribution in [0.25, 0.3) is 11.4 Å². The Morgan fingerprint density at radius 3 is 2.40 bits per heavy atom. The number of allylic oxidation sites excluding steroid dienone is 2. The Labute approximate surface area is 148 Å². The minimum Gasteiger partial charge on any atom is -0.236 e. The lowest BCUT2D eigenvalue weighted by Crippen LogP contribution is -2.13. The molecule has 1 aromatic heterocycles. The largest absolute Gasteiger partial charge is 0.236 e. The number of halogens is 2. The Morgan fingerprint density at radius 2 is 1.76 bits per heavy atom. The Morgan fingerprint density at radius 1 is 1.04 bits per heavy atom. The van der Waals surface area contributed by atoms with Gasteiger partial charge in [-0.25, -0.2) is 18.7 Å². The molecule has 2 aromatic rings. The van der Waals surface area contributed by atoms with Gasteiger partial charge in [0.25, 0.3) is 0 Å². The van der Waals surface area contributed by atoms with Crippen LogP contribution in [-0.2, 0) is 6.42 Å². The van der Waals surface area contributed by atoms with Crippen molar-refractivity contribution in [2.24, 2.45) is 11.8 Å². The standard InChI is InChI=1S/C21H24F2N2/c1-2-3-15-4-6-16(7-5-15)8-9-17-13-24-21(25-14-17)18-10-11-19(22)20(23)12-18/h2-3,10-16H,4-9H2,1H3/b3-2+/t15-,16-. The van der Waals surface area contributed by atoms with Crippen LogP contribution in [0.3, 0.4) is 0 Å². The minimum atomic E-state index is -0.876. The zero-order chi connectivity index (χ0) is 17.6. The van der Waals surface area contributed by atoms with Crippen LogP contribution in [0.2, 0.25) is 0 Å². The van der Waals surface area contributed by atoms with E-state index in [1.165, 1.54) is 31.7 Å². The molecule has 1 saturated carbocycles. The fourth-order valence-electron chi connectivity index (χ4n) is 3.58. The number of aromatic nitrogens is 2. The van der Waals surface area contributed by atoms with Gasteiger partial charge in [-0.2, -0.15) is 0 Å². The van der Waals surface area contributed by atoms with Gasteiger partial charge in [0.15, 0.2) is 17.5 Å². The summed E-state index contributed by atoms with van der Waals surface area (Å²) in [7, 11) is 0. The Hall–Kier alpha value is -2.10. The van der Waals surface area contributed by atoms with Gasteiger partial charge in [0.2, 0.25) is 0 Å². The first kappa shape index (κ1) is 17.7. The van der Waals surface area contributed by atoms with E-state index in [0.29, 0.717) is 11.4 Å².